The van der Waals surface area contributed by atoms with Crippen LogP contribution < -0.4 is 24.3 Å². The van der Waals surface area contributed by atoms with Crippen molar-refractivity contribution in [3.05, 3.63) is 47.8 Å². The van der Waals surface area contributed by atoms with E-state index in [-0.39, 0.29) is 18.2 Å². The summed E-state index contributed by atoms with van der Waals surface area (Å²) in [5, 5.41) is 2.79. The molecule has 146 valence electrons. The normalized spacial score (nSPS) is 11.4. The van der Waals surface area contributed by atoms with E-state index in [1.807, 2.05) is 0 Å². The highest BCUT2D eigenvalue weighted by Crippen LogP contribution is 2.38. The SMILES string of the molecule is CC[C@H](Oc1ccccc1F)C(=O)NCc1cc(OC)c(OC)c(OC)c1. The molecule has 2 aromatic rings. The number of halogens is 1. The molecule has 0 aliphatic carbocycles. The van der Waals surface area contributed by atoms with Crippen molar-refractivity contribution < 1.29 is 28.1 Å². The van der Waals surface area contributed by atoms with Crippen molar-refractivity contribution in [3.8, 4) is 23.0 Å². The molecule has 0 heterocycles. The number of nitrogens with one attached hydrogen (secondary N) is 1. The van der Waals surface area contributed by atoms with Crippen LogP contribution in [0.15, 0.2) is 36.4 Å². The summed E-state index contributed by atoms with van der Waals surface area (Å²) in [5.41, 5.74) is 0.763. The average molecular weight is 377 g/mol. The summed E-state index contributed by atoms with van der Waals surface area (Å²) in [5.74, 6) is 0.672. The van der Waals surface area contributed by atoms with Crippen LogP contribution in [0.1, 0.15) is 18.9 Å². The lowest BCUT2D eigenvalue weighted by atomic mass is 10.1. The van der Waals surface area contributed by atoms with E-state index < -0.39 is 11.9 Å². The molecule has 0 saturated heterocycles. The molecule has 0 unspecified atom stereocenters. The zero-order valence-electron chi connectivity index (χ0n) is 15.9. The molecule has 0 aliphatic heterocycles. The molecule has 6 nitrogen and oxygen atoms in total. The van der Waals surface area contributed by atoms with Crippen LogP contribution in [0.25, 0.3) is 0 Å². The van der Waals surface area contributed by atoms with Gasteiger partial charge in [-0.05, 0) is 36.2 Å². The third kappa shape index (κ3) is 5.03. The smallest absolute Gasteiger partial charge is 0.261 e. The Hall–Kier alpha value is -2.96. The Bertz CT molecular complexity index is 756. The molecule has 0 saturated carbocycles. The lowest BCUT2D eigenvalue weighted by Gasteiger charge is -2.18. The Labute approximate surface area is 158 Å². The highest BCUT2D eigenvalue weighted by molar-refractivity contribution is 5.81. The van der Waals surface area contributed by atoms with E-state index in [9.17, 15) is 9.18 Å². The predicted molar refractivity (Wildman–Crippen MR) is 99.1 cm³/mol. The van der Waals surface area contributed by atoms with Gasteiger partial charge in [0.05, 0.1) is 21.3 Å². The van der Waals surface area contributed by atoms with Crippen LogP contribution >= 0.6 is 0 Å². The summed E-state index contributed by atoms with van der Waals surface area (Å²) in [6.45, 7) is 2.03. The third-order valence-electron chi connectivity index (χ3n) is 3.96. The summed E-state index contributed by atoms with van der Waals surface area (Å²) in [7, 11) is 4.57. The minimum absolute atomic E-state index is 0.0484. The molecule has 2 aromatic carbocycles. The van der Waals surface area contributed by atoms with Crippen LogP contribution in [-0.4, -0.2) is 33.3 Å². The molecular formula is C20H24FNO5. The molecule has 1 amide bonds. The topological polar surface area (TPSA) is 66.0 Å². The van der Waals surface area contributed by atoms with Gasteiger partial charge in [0.2, 0.25) is 5.75 Å². The monoisotopic (exact) mass is 377 g/mol. The van der Waals surface area contributed by atoms with E-state index in [0.717, 1.165) is 5.56 Å². The van der Waals surface area contributed by atoms with Crippen LogP contribution in [-0.2, 0) is 11.3 Å². The third-order valence-corrected chi connectivity index (χ3v) is 3.96. The number of benzene rings is 2. The molecule has 27 heavy (non-hydrogen) atoms. The fraction of sp³-hybridized carbons (Fsp3) is 0.350. The number of ether oxygens (including phenoxy) is 4. The van der Waals surface area contributed by atoms with Crippen molar-refractivity contribution >= 4 is 5.91 Å². The van der Waals surface area contributed by atoms with Gasteiger partial charge in [0.15, 0.2) is 29.2 Å². The molecule has 1 atom stereocenters. The van der Waals surface area contributed by atoms with Crippen molar-refractivity contribution in [2.75, 3.05) is 21.3 Å². The number of rotatable bonds is 9. The van der Waals surface area contributed by atoms with Gasteiger partial charge in [0.25, 0.3) is 5.91 Å². The Morgan fingerprint density at radius 2 is 1.67 bits per heavy atom. The zero-order valence-corrected chi connectivity index (χ0v) is 15.9. The van der Waals surface area contributed by atoms with E-state index in [2.05, 4.69) is 5.32 Å². The van der Waals surface area contributed by atoms with Gasteiger partial charge in [-0.15, -0.1) is 0 Å². The fourth-order valence-electron chi connectivity index (χ4n) is 2.56. The Morgan fingerprint density at radius 3 is 2.19 bits per heavy atom. The Kier molecular flexibility index (Phi) is 7.28. The second-order valence-electron chi connectivity index (χ2n) is 5.70. The molecule has 0 fully saturated rings. The molecule has 1 N–H and O–H groups in total. The van der Waals surface area contributed by atoms with Crippen LogP contribution in [0.5, 0.6) is 23.0 Å². The maximum absolute atomic E-state index is 13.7. The van der Waals surface area contributed by atoms with Crippen LogP contribution in [0.4, 0.5) is 4.39 Å². The van der Waals surface area contributed by atoms with E-state index in [1.54, 1.807) is 31.2 Å². The number of methoxy groups -OCH3 is 3. The summed E-state index contributed by atoms with van der Waals surface area (Å²) in [6.07, 6.45) is -0.404. The second-order valence-corrected chi connectivity index (χ2v) is 5.70. The first-order valence-electron chi connectivity index (χ1n) is 8.51. The lowest BCUT2D eigenvalue weighted by molar-refractivity contribution is -0.128. The van der Waals surface area contributed by atoms with Crippen molar-refractivity contribution in [1.29, 1.82) is 0 Å². The van der Waals surface area contributed by atoms with E-state index in [0.29, 0.717) is 23.7 Å². The first-order chi connectivity index (χ1) is 13.0. The minimum atomic E-state index is -0.802. The number of carbonyl (C=O) groups excluding carboxylic acids is 1. The summed E-state index contributed by atoms with van der Waals surface area (Å²) in [4.78, 5) is 12.4. The van der Waals surface area contributed by atoms with Gasteiger partial charge in [-0.2, -0.15) is 0 Å². The molecular weight excluding hydrogens is 353 g/mol. The van der Waals surface area contributed by atoms with Crippen LogP contribution in [0.2, 0.25) is 0 Å². The van der Waals surface area contributed by atoms with Gasteiger partial charge in [0.1, 0.15) is 0 Å². The van der Waals surface area contributed by atoms with Crippen molar-refractivity contribution in [1.82, 2.24) is 5.32 Å². The van der Waals surface area contributed by atoms with Crippen molar-refractivity contribution in [2.45, 2.75) is 26.0 Å². The molecule has 2 rings (SSSR count). The lowest BCUT2D eigenvalue weighted by Crippen LogP contribution is -2.37. The highest BCUT2D eigenvalue weighted by atomic mass is 19.1. The van der Waals surface area contributed by atoms with Gasteiger partial charge in [-0.1, -0.05) is 19.1 Å². The largest absolute Gasteiger partial charge is 0.493 e. The van der Waals surface area contributed by atoms with E-state index in [4.69, 9.17) is 18.9 Å². The maximum Gasteiger partial charge on any atom is 0.261 e. The first-order valence-corrected chi connectivity index (χ1v) is 8.51. The van der Waals surface area contributed by atoms with Crippen molar-refractivity contribution in [2.24, 2.45) is 0 Å². The van der Waals surface area contributed by atoms with Gasteiger partial charge in [-0.3, -0.25) is 4.79 Å². The standard InChI is InChI=1S/C20H24FNO5/c1-5-15(27-16-9-7-6-8-14(16)21)20(23)22-12-13-10-17(24-2)19(26-4)18(11-13)25-3/h6-11,15H,5,12H2,1-4H3,(H,22,23)/t15-/m0/s1. The first kappa shape index (κ1) is 20.4. The Morgan fingerprint density at radius 1 is 1.04 bits per heavy atom. The summed E-state index contributed by atoms with van der Waals surface area (Å²) >= 11 is 0. The summed E-state index contributed by atoms with van der Waals surface area (Å²) in [6, 6.07) is 9.49. The van der Waals surface area contributed by atoms with Gasteiger partial charge >= 0.3 is 0 Å². The van der Waals surface area contributed by atoms with Crippen molar-refractivity contribution in [3.63, 3.8) is 0 Å². The number of hydrogen-bond acceptors (Lipinski definition) is 5. The van der Waals surface area contributed by atoms with E-state index >= 15 is 0 Å². The second kappa shape index (κ2) is 9.66. The minimum Gasteiger partial charge on any atom is -0.493 e. The molecule has 0 radical (unpaired) electrons. The van der Waals surface area contributed by atoms with Crippen LogP contribution in [0.3, 0.4) is 0 Å². The average Bonchev–Trinajstić information content (AvgIpc) is 2.70. The number of carbonyl (C=O) groups is 1. The fourth-order valence-corrected chi connectivity index (χ4v) is 2.56. The number of para-hydroxylation sites is 1. The molecule has 7 heteroatoms. The molecule has 0 aliphatic rings. The van der Waals surface area contributed by atoms with Gasteiger partial charge in [0, 0.05) is 6.54 Å². The zero-order chi connectivity index (χ0) is 19.8. The van der Waals surface area contributed by atoms with Gasteiger partial charge in [-0.25, -0.2) is 4.39 Å². The molecule has 0 spiro atoms. The van der Waals surface area contributed by atoms with Gasteiger partial charge < -0.3 is 24.3 Å². The highest BCUT2D eigenvalue weighted by Gasteiger charge is 2.20. The number of hydrogen-bond donors (Lipinski definition) is 1. The van der Waals surface area contributed by atoms with Crippen LogP contribution in [0, 0.1) is 5.82 Å². The maximum atomic E-state index is 13.7. The number of amides is 1. The predicted octanol–water partition coefficient (Wildman–Crippen LogP) is 3.33. The quantitative estimate of drug-likeness (QED) is 0.726. The molecule has 0 aromatic heterocycles. The molecule has 0 bridgehead atoms. The summed E-state index contributed by atoms with van der Waals surface area (Å²) < 4.78 is 35.1. The Balaban J connectivity index is 2.08. The van der Waals surface area contributed by atoms with E-state index in [1.165, 1.54) is 33.5 Å².